The van der Waals surface area contributed by atoms with Crippen molar-refractivity contribution in [2.24, 2.45) is 7.05 Å². The van der Waals surface area contributed by atoms with E-state index in [0.717, 1.165) is 26.4 Å². The molecule has 1 atom stereocenters. The molecule has 3 heterocycles. The molecule has 8 heteroatoms. The van der Waals surface area contributed by atoms with E-state index in [9.17, 15) is 4.79 Å². The highest BCUT2D eigenvalue weighted by molar-refractivity contribution is 9.10. The van der Waals surface area contributed by atoms with Gasteiger partial charge in [-0.05, 0) is 32.0 Å². The highest BCUT2D eigenvalue weighted by Crippen LogP contribution is 2.42. The van der Waals surface area contributed by atoms with Gasteiger partial charge in [-0.25, -0.2) is 9.78 Å². The third-order valence-corrected chi connectivity index (χ3v) is 5.68. The number of aryl methyl sites for hydroxylation is 1. The molecule has 0 N–H and O–H groups in total. The molecule has 3 aromatic rings. The topological polar surface area (TPSA) is 66.2 Å². The lowest BCUT2D eigenvalue weighted by molar-refractivity contribution is -0.0165. The van der Waals surface area contributed by atoms with Crippen molar-refractivity contribution in [1.29, 1.82) is 0 Å². The summed E-state index contributed by atoms with van der Waals surface area (Å²) >= 11 is 4.87. The molecular weight excluding hydrogens is 430 g/mol. The van der Waals surface area contributed by atoms with E-state index in [0.29, 0.717) is 12.1 Å². The van der Waals surface area contributed by atoms with Gasteiger partial charge in [0.1, 0.15) is 22.5 Å². The first-order valence-electron chi connectivity index (χ1n) is 8.45. The minimum atomic E-state index is -0.435. The molecule has 2 aromatic heterocycles. The summed E-state index contributed by atoms with van der Waals surface area (Å²) < 4.78 is 14.5. The van der Waals surface area contributed by atoms with E-state index in [-0.39, 0.29) is 0 Å². The van der Waals surface area contributed by atoms with Crippen LogP contribution in [0.5, 0.6) is 5.75 Å². The first-order valence-corrected chi connectivity index (χ1v) is 10.1. The van der Waals surface area contributed by atoms with Crippen LogP contribution in [-0.2, 0) is 11.8 Å². The smallest absolute Gasteiger partial charge is 0.358 e. The van der Waals surface area contributed by atoms with Gasteiger partial charge >= 0.3 is 5.97 Å². The predicted molar refractivity (Wildman–Crippen MR) is 106 cm³/mol. The van der Waals surface area contributed by atoms with Crippen molar-refractivity contribution in [2.75, 3.05) is 0 Å². The van der Waals surface area contributed by atoms with Crippen molar-refractivity contribution in [3.63, 3.8) is 0 Å². The van der Waals surface area contributed by atoms with Gasteiger partial charge in [-0.1, -0.05) is 15.9 Å². The zero-order valence-electron chi connectivity index (χ0n) is 15.1. The first-order chi connectivity index (χ1) is 12.8. The molecule has 0 spiro atoms. The zero-order valence-corrected chi connectivity index (χ0v) is 17.5. The van der Waals surface area contributed by atoms with E-state index < -0.39 is 17.7 Å². The Balaban J connectivity index is 1.58. The van der Waals surface area contributed by atoms with Gasteiger partial charge in [-0.2, -0.15) is 5.10 Å². The van der Waals surface area contributed by atoms with Crippen LogP contribution in [0.1, 0.15) is 42.4 Å². The van der Waals surface area contributed by atoms with Gasteiger partial charge in [0.15, 0.2) is 5.69 Å². The molecule has 0 saturated heterocycles. The zero-order chi connectivity index (χ0) is 19.2. The molecule has 0 aliphatic carbocycles. The van der Waals surface area contributed by atoms with Crippen molar-refractivity contribution in [3.05, 3.63) is 51.7 Å². The predicted octanol–water partition coefficient (Wildman–Crippen LogP) is 4.77. The maximum absolute atomic E-state index is 12.7. The Kier molecular flexibility index (Phi) is 4.55. The molecule has 0 amide bonds. The summed E-state index contributed by atoms with van der Waals surface area (Å²) in [5.41, 5.74) is 1.62. The number of nitrogens with zero attached hydrogens (tertiary/aromatic N) is 3. The number of ether oxygens (including phenoxy) is 2. The molecule has 27 heavy (non-hydrogen) atoms. The van der Waals surface area contributed by atoms with Crippen molar-refractivity contribution < 1.29 is 14.3 Å². The van der Waals surface area contributed by atoms with E-state index in [4.69, 9.17) is 9.47 Å². The van der Waals surface area contributed by atoms with Crippen LogP contribution in [0.4, 0.5) is 0 Å². The maximum Gasteiger partial charge on any atom is 0.358 e. The van der Waals surface area contributed by atoms with Gasteiger partial charge in [-0.15, -0.1) is 11.3 Å². The Labute approximate surface area is 169 Å². The summed E-state index contributed by atoms with van der Waals surface area (Å²) in [6.07, 6.45) is 3.77. The molecule has 1 aliphatic heterocycles. The number of thiazole rings is 1. The van der Waals surface area contributed by atoms with E-state index in [1.54, 1.807) is 16.3 Å². The number of halogens is 1. The summed E-state index contributed by atoms with van der Waals surface area (Å²) in [6.45, 7) is 3.98. The fourth-order valence-corrected chi connectivity index (χ4v) is 4.23. The average Bonchev–Trinajstić information content (AvgIpc) is 3.23. The molecule has 6 nitrogen and oxygen atoms in total. The summed E-state index contributed by atoms with van der Waals surface area (Å²) in [5, 5.41) is 6.60. The molecule has 0 radical (unpaired) electrons. The van der Waals surface area contributed by atoms with Crippen LogP contribution >= 0.6 is 27.3 Å². The number of fused-ring (bicyclic) bond motifs is 1. The number of hydrogen-bond donors (Lipinski definition) is 0. The molecule has 0 bridgehead atoms. The van der Waals surface area contributed by atoms with Crippen LogP contribution < -0.4 is 4.74 Å². The molecule has 1 aromatic carbocycles. The molecule has 0 fully saturated rings. The Morgan fingerprint density at radius 3 is 3.00 bits per heavy atom. The van der Waals surface area contributed by atoms with Crippen molar-refractivity contribution >= 4 is 33.2 Å². The summed E-state index contributed by atoms with van der Waals surface area (Å²) in [4.78, 5) is 17.1. The maximum atomic E-state index is 12.7. The molecule has 4 rings (SSSR count). The van der Waals surface area contributed by atoms with Crippen molar-refractivity contribution in [2.45, 2.75) is 32.0 Å². The van der Waals surface area contributed by atoms with Crippen LogP contribution in [0.15, 0.2) is 40.4 Å². The molecule has 140 valence electrons. The number of rotatable bonds is 3. The second-order valence-electron chi connectivity index (χ2n) is 7.08. The van der Waals surface area contributed by atoms with Gasteiger partial charge in [0, 0.05) is 40.6 Å². The van der Waals surface area contributed by atoms with Gasteiger partial charge in [0.25, 0.3) is 0 Å². The summed E-state index contributed by atoms with van der Waals surface area (Å²) in [7, 11) is 1.84. The van der Waals surface area contributed by atoms with Crippen LogP contribution in [0.3, 0.4) is 0 Å². The number of hydrogen-bond acceptors (Lipinski definition) is 6. The fraction of sp³-hybridized carbons (Fsp3) is 0.316. The number of aromatic nitrogens is 3. The highest BCUT2D eigenvalue weighted by Gasteiger charge is 2.36. The van der Waals surface area contributed by atoms with Crippen LogP contribution in [-0.4, -0.2) is 26.3 Å². The number of carbonyl (C=O) groups excluding carboxylic acids is 1. The largest absolute Gasteiger partial charge is 0.487 e. The molecule has 1 aliphatic rings. The van der Waals surface area contributed by atoms with E-state index in [1.807, 2.05) is 45.3 Å². The Morgan fingerprint density at radius 1 is 1.44 bits per heavy atom. The van der Waals surface area contributed by atoms with Gasteiger partial charge in [-0.3, -0.25) is 4.68 Å². The van der Waals surface area contributed by atoms with Crippen molar-refractivity contribution in [1.82, 2.24) is 14.8 Å². The highest BCUT2D eigenvalue weighted by atomic mass is 79.9. The van der Waals surface area contributed by atoms with Crippen LogP contribution in [0.2, 0.25) is 0 Å². The lowest BCUT2D eigenvalue weighted by atomic mass is 9.91. The summed E-state index contributed by atoms with van der Waals surface area (Å²) in [5.74, 6) is 0.302. The second kappa shape index (κ2) is 6.76. The third kappa shape index (κ3) is 3.77. The SMILES string of the molecule is Cn1cc(-c2nc(C(=O)O[C@H]3CC(C)(C)Oc4ccc(Br)cc43)cs2)cn1. The van der Waals surface area contributed by atoms with Gasteiger partial charge in [0.05, 0.1) is 6.20 Å². The van der Waals surface area contributed by atoms with E-state index >= 15 is 0 Å². The first kappa shape index (κ1) is 18.2. The van der Waals surface area contributed by atoms with Crippen LogP contribution in [0, 0.1) is 0 Å². The van der Waals surface area contributed by atoms with Gasteiger partial charge < -0.3 is 9.47 Å². The Hall–Kier alpha value is -2.19. The van der Waals surface area contributed by atoms with E-state index in [1.165, 1.54) is 11.3 Å². The normalized spacial score (nSPS) is 17.9. The minimum absolute atomic E-state index is 0.305. The minimum Gasteiger partial charge on any atom is -0.487 e. The van der Waals surface area contributed by atoms with Crippen molar-refractivity contribution in [3.8, 4) is 16.3 Å². The number of esters is 1. The number of benzene rings is 1. The second-order valence-corrected chi connectivity index (χ2v) is 8.86. The number of carbonyl (C=O) groups is 1. The fourth-order valence-electron chi connectivity index (χ4n) is 3.09. The summed E-state index contributed by atoms with van der Waals surface area (Å²) in [6, 6.07) is 5.74. The standard InChI is InChI=1S/C19H18BrN3O3S/c1-19(2)7-16(13-6-12(20)4-5-15(13)26-19)25-18(24)14-10-27-17(22-14)11-8-21-23(3)9-11/h4-6,8-10,16H,7H2,1-3H3/t16-/m0/s1. The van der Waals surface area contributed by atoms with Crippen LogP contribution in [0.25, 0.3) is 10.6 Å². The Bertz CT molecular complexity index is 1010. The lowest BCUT2D eigenvalue weighted by Crippen LogP contribution is -2.36. The average molecular weight is 448 g/mol. The van der Waals surface area contributed by atoms with E-state index in [2.05, 4.69) is 26.0 Å². The molecular formula is C19H18BrN3O3S. The monoisotopic (exact) mass is 447 g/mol. The van der Waals surface area contributed by atoms with Gasteiger partial charge in [0.2, 0.25) is 0 Å². The third-order valence-electron chi connectivity index (χ3n) is 4.30. The molecule has 0 unspecified atom stereocenters. The molecule has 0 saturated carbocycles. The lowest BCUT2D eigenvalue weighted by Gasteiger charge is -2.37. The Morgan fingerprint density at radius 2 is 2.26 bits per heavy atom. The quantitative estimate of drug-likeness (QED) is 0.541.